The maximum Gasteiger partial charge on any atom is 0.261 e. The van der Waals surface area contributed by atoms with Gasteiger partial charge in [0.15, 0.2) is 0 Å². The van der Waals surface area contributed by atoms with Crippen molar-refractivity contribution >= 4 is 43.8 Å². The number of hydrogen-bond acceptors (Lipinski definition) is 5. The highest BCUT2D eigenvalue weighted by Crippen LogP contribution is 2.32. The van der Waals surface area contributed by atoms with E-state index in [1.54, 1.807) is 19.9 Å². The molecule has 3 rings (SSSR count). The number of carbonyl (C=O) groups excluding carboxylic acids is 1. The molecule has 0 fully saturated rings. The fourth-order valence-electron chi connectivity index (χ4n) is 3.07. The Labute approximate surface area is 182 Å². The lowest BCUT2D eigenvalue weighted by atomic mass is 9.93. The molecule has 0 atom stereocenters. The zero-order valence-electron chi connectivity index (χ0n) is 18.0. The van der Waals surface area contributed by atoms with Crippen molar-refractivity contribution in [2.24, 2.45) is 5.41 Å². The molecular weight excluding hydrogens is 414 g/mol. The standard InChI is InChI=1S/C23H27N3O4S/c1-23(2,15-27)22(28)24-16-11-13-17(14-12-16)31(29,30)25-20-9-5-8-19-18(20)7-6-10-21(19)26(3)4/h5-14,25,27H,15H2,1-4H3,(H,24,28). The summed E-state index contributed by atoms with van der Waals surface area (Å²) in [5.74, 6) is -0.351. The van der Waals surface area contributed by atoms with Gasteiger partial charge in [0.2, 0.25) is 5.91 Å². The molecule has 0 spiro atoms. The first-order chi connectivity index (χ1) is 14.5. The van der Waals surface area contributed by atoms with Crippen molar-refractivity contribution in [1.29, 1.82) is 0 Å². The van der Waals surface area contributed by atoms with Crippen LogP contribution in [0.1, 0.15) is 13.8 Å². The van der Waals surface area contributed by atoms with E-state index in [4.69, 9.17) is 0 Å². The van der Waals surface area contributed by atoms with Crippen molar-refractivity contribution in [2.75, 3.05) is 35.6 Å². The van der Waals surface area contributed by atoms with E-state index in [0.29, 0.717) is 11.4 Å². The predicted molar refractivity (Wildman–Crippen MR) is 125 cm³/mol. The Balaban J connectivity index is 1.87. The molecule has 0 bridgehead atoms. The molecule has 0 saturated carbocycles. The Bertz CT molecular complexity index is 1200. The molecule has 31 heavy (non-hydrogen) atoms. The topological polar surface area (TPSA) is 98.7 Å². The van der Waals surface area contributed by atoms with Crippen LogP contribution in [0.2, 0.25) is 0 Å². The molecule has 3 aromatic carbocycles. The average molecular weight is 442 g/mol. The molecule has 0 unspecified atom stereocenters. The monoisotopic (exact) mass is 441 g/mol. The minimum Gasteiger partial charge on any atom is -0.395 e. The normalized spacial score (nSPS) is 11.9. The summed E-state index contributed by atoms with van der Waals surface area (Å²) in [6.45, 7) is 2.95. The molecule has 0 saturated heterocycles. The van der Waals surface area contributed by atoms with Gasteiger partial charge in [-0.2, -0.15) is 0 Å². The second kappa shape index (κ2) is 8.56. The van der Waals surface area contributed by atoms with E-state index in [9.17, 15) is 18.3 Å². The quantitative estimate of drug-likeness (QED) is 0.520. The maximum absolute atomic E-state index is 13.0. The number of nitrogens with one attached hydrogen (secondary N) is 2. The van der Waals surface area contributed by atoms with E-state index in [0.717, 1.165) is 16.5 Å². The van der Waals surface area contributed by atoms with Gasteiger partial charge in [0.1, 0.15) is 0 Å². The summed E-state index contributed by atoms with van der Waals surface area (Å²) in [7, 11) is 0.0438. The van der Waals surface area contributed by atoms with Crippen molar-refractivity contribution in [3.8, 4) is 0 Å². The molecule has 3 N–H and O–H groups in total. The molecule has 8 heteroatoms. The molecule has 0 aliphatic heterocycles. The van der Waals surface area contributed by atoms with Crippen molar-refractivity contribution in [1.82, 2.24) is 0 Å². The van der Waals surface area contributed by atoms with Crippen LogP contribution in [-0.2, 0) is 14.8 Å². The molecule has 0 heterocycles. The summed E-state index contributed by atoms with van der Waals surface area (Å²) in [6, 6.07) is 17.1. The number of benzene rings is 3. The molecule has 3 aromatic rings. The third-order valence-corrected chi connectivity index (χ3v) is 6.44. The van der Waals surface area contributed by atoms with Crippen molar-refractivity contribution in [3.05, 3.63) is 60.7 Å². The van der Waals surface area contributed by atoms with Gasteiger partial charge in [-0.15, -0.1) is 0 Å². The van der Waals surface area contributed by atoms with Crippen molar-refractivity contribution in [2.45, 2.75) is 18.7 Å². The van der Waals surface area contributed by atoms with Gasteiger partial charge in [0.05, 0.1) is 22.6 Å². The number of rotatable bonds is 7. The van der Waals surface area contributed by atoms with Gasteiger partial charge < -0.3 is 15.3 Å². The highest BCUT2D eigenvalue weighted by molar-refractivity contribution is 7.92. The van der Waals surface area contributed by atoms with E-state index in [1.807, 2.05) is 49.3 Å². The second-order valence-corrected chi connectivity index (χ2v) is 9.88. The fourth-order valence-corrected chi connectivity index (χ4v) is 4.15. The lowest BCUT2D eigenvalue weighted by Crippen LogP contribution is -2.33. The van der Waals surface area contributed by atoms with E-state index >= 15 is 0 Å². The summed E-state index contributed by atoms with van der Waals surface area (Å²) in [5, 5.41) is 13.7. The lowest BCUT2D eigenvalue weighted by Gasteiger charge is -2.20. The minimum atomic E-state index is -3.83. The van der Waals surface area contributed by atoms with Crippen molar-refractivity contribution in [3.63, 3.8) is 0 Å². The van der Waals surface area contributed by atoms with Gasteiger partial charge >= 0.3 is 0 Å². The Hall–Kier alpha value is -3.10. The number of sulfonamides is 1. The Kier molecular flexibility index (Phi) is 6.24. The SMILES string of the molecule is CN(C)c1cccc2c(NS(=O)(=O)c3ccc(NC(=O)C(C)(C)CO)cc3)cccc12. The van der Waals surface area contributed by atoms with Gasteiger partial charge in [-0.05, 0) is 50.2 Å². The predicted octanol–water partition coefficient (Wildman–Crippen LogP) is 3.66. The number of aliphatic hydroxyl groups is 1. The third-order valence-electron chi connectivity index (χ3n) is 5.06. The third kappa shape index (κ3) is 4.81. The zero-order chi connectivity index (χ0) is 22.8. The van der Waals surface area contributed by atoms with Crippen LogP contribution in [0.15, 0.2) is 65.6 Å². The van der Waals surface area contributed by atoms with E-state index < -0.39 is 15.4 Å². The molecule has 164 valence electrons. The second-order valence-electron chi connectivity index (χ2n) is 8.20. The number of anilines is 3. The van der Waals surface area contributed by atoms with Crippen LogP contribution < -0.4 is 14.9 Å². The van der Waals surface area contributed by atoms with E-state index in [-0.39, 0.29) is 17.4 Å². The van der Waals surface area contributed by atoms with Gasteiger partial charge in [0.25, 0.3) is 10.0 Å². The van der Waals surface area contributed by atoms with E-state index in [2.05, 4.69) is 10.0 Å². The largest absolute Gasteiger partial charge is 0.395 e. The maximum atomic E-state index is 13.0. The fraction of sp³-hybridized carbons (Fsp3) is 0.261. The molecule has 0 aliphatic rings. The van der Waals surface area contributed by atoms with Gasteiger partial charge in [-0.3, -0.25) is 9.52 Å². The van der Waals surface area contributed by atoms with Crippen LogP contribution in [0.5, 0.6) is 0 Å². The summed E-state index contributed by atoms with van der Waals surface area (Å²) in [4.78, 5) is 14.2. The number of nitrogens with zero attached hydrogens (tertiary/aromatic N) is 1. The first kappa shape index (κ1) is 22.6. The molecule has 0 aliphatic carbocycles. The zero-order valence-corrected chi connectivity index (χ0v) is 18.8. The number of amides is 1. The first-order valence-electron chi connectivity index (χ1n) is 9.79. The Morgan fingerprint density at radius 1 is 0.968 bits per heavy atom. The summed E-state index contributed by atoms with van der Waals surface area (Å²) in [5.41, 5.74) is 0.991. The van der Waals surface area contributed by atoms with Crippen LogP contribution in [0, 0.1) is 5.41 Å². The Morgan fingerprint density at radius 2 is 1.58 bits per heavy atom. The van der Waals surface area contributed by atoms with Gasteiger partial charge in [-0.1, -0.05) is 24.3 Å². The van der Waals surface area contributed by atoms with Gasteiger partial charge in [-0.25, -0.2) is 8.42 Å². The number of hydrogen-bond donors (Lipinski definition) is 3. The molecule has 7 nitrogen and oxygen atoms in total. The number of carbonyl (C=O) groups is 1. The van der Waals surface area contributed by atoms with Gasteiger partial charge in [0, 0.05) is 36.2 Å². The Morgan fingerprint density at radius 3 is 2.19 bits per heavy atom. The molecule has 0 radical (unpaired) electrons. The summed E-state index contributed by atoms with van der Waals surface area (Å²) < 4.78 is 28.6. The van der Waals surface area contributed by atoms with E-state index in [1.165, 1.54) is 24.3 Å². The first-order valence-corrected chi connectivity index (χ1v) is 11.3. The number of aliphatic hydroxyl groups excluding tert-OH is 1. The molecule has 1 amide bonds. The highest BCUT2D eigenvalue weighted by atomic mass is 32.2. The highest BCUT2D eigenvalue weighted by Gasteiger charge is 2.26. The summed E-state index contributed by atoms with van der Waals surface area (Å²) in [6.07, 6.45) is 0. The molecular formula is C23H27N3O4S. The lowest BCUT2D eigenvalue weighted by molar-refractivity contribution is -0.125. The van der Waals surface area contributed by atoms with Crippen LogP contribution in [0.25, 0.3) is 10.8 Å². The average Bonchev–Trinajstić information content (AvgIpc) is 2.73. The summed E-state index contributed by atoms with van der Waals surface area (Å²) >= 11 is 0. The molecule has 0 aromatic heterocycles. The van der Waals surface area contributed by atoms with Crippen LogP contribution >= 0.6 is 0 Å². The van der Waals surface area contributed by atoms with Crippen LogP contribution in [0.4, 0.5) is 17.1 Å². The minimum absolute atomic E-state index is 0.0766. The van der Waals surface area contributed by atoms with Crippen molar-refractivity contribution < 1.29 is 18.3 Å². The van der Waals surface area contributed by atoms with Crippen LogP contribution in [-0.4, -0.2) is 40.1 Å². The smallest absolute Gasteiger partial charge is 0.261 e. The van der Waals surface area contributed by atoms with Crippen LogP contribution in [0.3, 0.4) is 0 Å². The number of fused-ring (bicyclic) bond motifs is 1.